The molecule has 2 aromatic carbocycles. The highest BCUT2D eigenvalue weighted by Gasteiger charge is 2.30. The van der Waals surface area contributed by atoms with E-state index in [2.05, 4.69) is 10.1 Å². The predicted octanol–water partition coefficient (Wildman–Crippen LogP) is 3.91. The fraction of sp³-hybridized carbons (Fsp3) is 0.125. The minimum Gasteiger partial charge on any atom is -0.494 e. The van der Waals surface area contributed by atoms with Crippen molar-refractivity contribution in [2.75, 3.05) is 7.11 Å². The lowest BCUT2D eigenvalue weighted by atomic mass is 10.1. The van der Waals surface area contributed by atoms with E-state index in [0.29, 0.717) is 22.0 Å². The maximum Gasteiger partial charge on any atom is 0.416 e. The van der Waals surface area contributed by atoms with Crippen LogP contribution in [0.15, 0.2) is 47.3 Å². The van der Waals surface area contributed by atoms with Gasteiger partial charge >= 0.3 is 11.9 Å². The lowest BCUT2D eigenvalue weighted by Crippen LogP contribution is -2.16. The summed E-state index contributed by atoms with van der Waals surface area (Å²) >= 11 is 5.94. The van der Waals surface area contributed by atoms with E-state index in [1.54, 1.807) is 12.1 Å². The van der Waals surface area contributed by atoms with Crippen molar-refractivity contribution in [2.24, 2.45) is 0 Å². The number of aromatic amines is 1. The van der Waals surface area contributed by atoms with Crippen LogP contribution in [0.3, 0.4) is 0 Å². The van der Waals surface area contributed by atoms with Crippen LogP contribution in [0.1, 0.15) is 5.56 Å². The molecule has 5 nitrogen and oxygen atoms in total. The van der Waals surface area contributed by atoms with Crippen LogP contribution in [-0.2, 0) is 6.18 Å². The summed E-state index contributed by atoms with van der Waals surface area (Å²) in [4.78, 5) is 14.7. The highest BCUT2D eigenvalue weighted by Crippen LogP contribution is 2.30. The molecule has 0 aliphatic rings. The summed E-state index contributed by atoms with van der Waals surface area (Å²) in [5.41, 5.74) is -0.704. The van der Waals surface area contributed by atoms with Crippen molar-refractivity contribution in [2.45, 2.75) is 6.18 Å². The Balaban J connectivity index is 2.04. The zero-order valence-electron chi connectivity index (χ0n) is 12.8. The Morgan fingerprint density at radius 2 is 1.84 bits per heavy atom. The van der Waals surface area contributed by atoms with E-state index >= 15 is 0 Å². The molecule has 0 radical (unpaired) electrons. The van der Waals surface area contributed by atoms with E-state index in [1.807, 2.05) is 0 Å². The Morgan fingerprint density at radius 3 is 2.44 bits per heavy atom. The van der Waals surface area contributed by atoms with Gasteiger partial charge in [-0.05, 0) is 30.3 Å². The van der Waals surface area contributed by atoms with Gasteiger partial charge in [-0.2, -0.15) is 17.9 Å². The number of hydrogen-bond acceptors (Lipinski definition) is 3. The molecule has 0 unspecified atom stereocenters. The van der Waals surface area contributed by atoms with Gasteiger partial charge in [0.25, 0.3) is 0 Å². The van der Waals surface area contributed by atoms with Crippen molar-refractivity contribution in [1.82, 2.24) is 14.8 Å². The van der Waals surface area contributed by atoms with Gasteiger partial charge in [-0.3, -0.25) is 4.98 Å². The summed E-state index contributed by atoms with van der Waals surface area (Å²) < 4.78 is 44.1. The molecule has 0 saturated heterocycles. The third kappa shape index (κ3) is 3.39. The van der Waals surface area contributed by atoms with Crippen LogP contribution in [-0.4, -0.2) is 21.9 Å². The number of hydrogen-bond donors (Lipinski definition) is 1. The minimum absolute atomic E-state index is 0.126. The highest BCUT2D eigenvalue weighted by atomic mass is 35.5. The number of benzene rings is 2. The van der Waals surface area contributed by atoms with Crippen LogP contribution in [0.2, 0.25) is 5.02 Å². The van der Waals surface area contributed by atoms with Crippen molar-refractivity contribution < 1.29 is 17.9 Å². The number of ether oxygens (including phenoxy) is 1. The number of nitrogens with zero attached hydrogens (tertiary/aromatic N) is 2. The van der Waals surface area contributed by atoms with Gasteiger partial charge < -0.3 is 4.74 Å². The minimum atomic E-state index is -4.43. The molecule has 3 aromatic rings. The van der Waals surface area contributed by atoms with Gasteiger partial charge in [-0.1, -0.05) is 23.7 Å². The fourth-order valence-corrected chi connectivity index (χ4v) is 2.43. The van der Waals surface area contributed by atoms with Crippen LogP contribution in [0, 0.1) is 0 Å². The molecule has 0 spiro atoms. The second-order valence-corrected chi connectivity index (χ2v) is 5.52. The molecule has 0 saturated carbocycles. The molecule has 0 bridgehead atoms. The highest BCUT2D eigenvalue weighted by molar-refractivity contribution is 6.30. The summed E-state index contributed by atoms with van der Waals surface area (Å²) in [5, 5.41) is 4.50. The van der Waals surface area contributed by atoms with E-state index in [0.717, 1.165) is 16.8 Å². The van der Waals surface area contributed by atoms with E-state index in [9.17, 15) is 18.0 Å². The number of aromatic nitrogens is 3. The Labute approximate surface area is 144 Å². The molecule has 1 heterocycles. The molecule has 130 valence electrons. The summed E-state index contributed by atoms with van der Waals surface area (Å²) in [5.74, 6) is 0.498. The maximum atomic E-state index is 12.6. The number of nitrogens with one attached hydrogen (secondary N) is 1. The van der Waals surface area contributed by atoms with E-state index in [-0.39, 0.29) is 5.82 Å². The smallest absolute Gasteiger partial charge is 0.416 e. The molecule has 0 aliphatic heterocycles. The molecular weight excluding hydrogens is 359 g/mol. The van der Waals surface area contributed by atoms with Gasteiger partial charge in [0.1, 0.15) is 11.4 Å². The van der Waals surface area contributed by atoms with Crippen LogP contribution in [0.25, 0.3) is 17.1 Å². The quantitative estimate of drug-likeness (QED) is 0.761. The van der Waals surface area contributed by atoms with Gasteiger partial charge in [0.15, 0.2) is 5.82 Å². The largest absolute Gasteiger partial charge is 0.494 e. The molecule has 0 amide bonds. The molecule has 0 atom stereocenters. The SMILES string of the molecule is COc1ccc(Cl)cc1-n1nc(-c2ccc(C(F)(F)F)cc2)[nH]c1=O. The first-order valence-electron chi connectivity index (χ1n) is 7.00. The van der Waals surface area contributed by atoms with Crippen molar-refractivity contribution in [3.05, 3.63) is 63.5 Å². The number of methoxy groups -OCH3 is 1. The summed E-state index contributed by atoms with van der Waals surface area (Å²) in [6.07, 6.45) is -4.43. The average Bonchev–Trinajstić information content (AvgIpc) is 2.96. The van der Waals surface area contributed by atoms with Crippen molar-refractivity contribution in [3.8, 4) is 22.8 Å². The van der Waals surface area contributed by atoms with Gasteiger partial charge in [-0.15, -0.1) is 5.10 Å². The zero-order chi connectivity index (χ0) is 18.2. The first-order valence-corrected chi connectivity index (χ1v) is 7.38. The van der Waals surface area contributed by atoms with E-state index < -0.39 is 17.4 Å². The molecule has 25 heavy (non-hydrogen) atoms. The number of alkyl halides is 3. The number of H-pyrrole nitrogens is 1. The number of rotatable bonds is 3. The lowest BCUT2D eigenvalue weighted by Gasteiger charge is -2.07. The second-order valence-electron chi connectivity index (χ2n) is 5.08. The second kappa shape index (κ2) is 6.29. The van der Waals surface area contributed by atoms with E-state index in [4.69, 9.17) is 16.3 Å². The molecule has 0 fully saturated rings. The Bertz CT molecular complexity index is 962. The van der Waals surface area contributed by atoms with Crippen molar-refractivity contribution in [1.29, 1.82) is 0 Å². The first kappa shape index (κ1) is 17.1. The molecule has 9 heteroatoms. The van der Waals surface area contributed by atoms with Crippen LogP contribution in [0.4, 0.5) is 13.2 Å². The third-order valence-electron chi connectivity index (χ3n) is 3.47. The van der Waals surface area contributed by atoms with Gasteiger partial charge in [0.2, 0.25) is 0 Å². The van der Waals surface area contributed by atoms with Crippen molar-refractivity contribution >= 4 is 11.6 Å². The number of halogens is 4. The molecule has 1 N–H and O–H groups in total. The van der Waals surface area contributed by atoms with Gasteiger partial charge in [0.05, 0.1) is 12.7 Å². The van der Waals surface area contributed by atoms with Gasteiger partial charge in [-0.25, -0.2) is 4.79 Å². The maximum absolute atomic E-state index is 12.6. The molecular formula is C16H11ClF3N3O2. The zero-order valence-corrected chi connectivity index (χ0v) is 13.5. The standard InChI is InChI=1S/C16H11ClF3N3O2/c1-25-13-7-6-11(17)8-12(13)23-15(24)21-14(22-23)9-2-4-10(5-3-9)16(18,19)20/h2-8H,1H3,(H,21,22,24). The van der Waals surface area contributed by atoms with Crippen LogP contribution >= 0.6 is 11.6 Å². The van der Waals surface area contributed by atoms with Crippen LogP contribution in [0.5, 0.6) is 5.75 Å². The average molecular weight is 370 g/mol. The van der Waals surface area contributed by atoms with Crippen molar-refractivity contribution in [3.63, 3.8) is 0 Å². The first-order chi connectivity index (χ1) is 11.8. The Morgan fingerprint density at radius 1 is 1.16 bits per heavy atom. The Hall–Kier alpha value is -2.74. The summed E-state index contributed by atoms with van der Waals surface area (Å²) in [6, 6.07) is 8.99. The molecule has 0 aliphatic carbocycles. The van der Waals surface area contributed by atoms with E-state index in [1.165, 1.54) is 25.3 Å². The predicted molar refractivity (Wildman–Crippen MR) is 86.2 cm³/mol. The topological polar surface area (TPSA) is 59.9 Å². The monoisotopic (exact) mass is 369 g/mol. The fourth-order valence-electron chi connectivity index (χ4n) is 2.26. The summed E-state index contributed by atoms with van der Waals surface area (Å²) in [6.45, 7) is 0. The molecule has 3 rings (SSSR count). The third-order valence-corrected chi connectivity index (χ3v) is 3.71. The normalized spacial score (nSPS) is 11.6. The molecule has 1 aromatic heterocycles. The summed E-state index contributed by atoms with van der Waals surface area (Å²) in [7, 11) is 1.43. The van der Waals surface area contributed by atoms with Crippen LogP contribution < -0.4 is 10.4 Å². The Kier molecular flexibility index (Phi) is 4.30. The lowest BCUT2D eigenvalue weighted by molar-refractivity contribution is -0.137. The van der Waals surface area contributed by atoms with Gasteiger partial charge in [0, 0.05) is 10.6 Å².